The van der Waals surface area contributed by atoms with Crippen LogP contribution in [0.2, 0.25) is 0 Å². The fourth-order valence-electron chi connectivity index (χ4n) is 24.3. The minimum absolute atomic E-state index is 0.219. The van der Waals surface area contributed by atoms with Gasteiger partial charge in [-0.15, -0.1) is 0 Å². The summed E-state index contributed by atoms with van der Waals surface area (Å²) in [4.78, 5) is 28.4. The molecular formula is C132H138N12O6. The Labute approximate surface area is 880 Å². The Hall–Kier alpha value is -16.1. The summed E-state index contributed by atoms with van der Waals surface area (Å²) in [5.74, 6) is 0. The number of anilines is 12. The number of para-hydroxylation sites is 12. The molecule has 18 nitrogen and oxygen atoms in total. The van der Waals surface area contributed by atoms with E-state index in [4.69, 9.17) is 26.5 Å². The second-order valence-electron chi connectivity index (χ2n) is 42.4. The van der Waals surface area contributed by atoms with Crippen LogP contribution in [-0.2, 0) is 0 Å². The van der Waals surface area contributed by atoms with Gasteiger partial charge in [-0.2, -0.15) is 0 Å². The van der Waals surface area contributed by atoms with Crippen molar-refractivity contribution in [3.8, 4) is 0 Å². The molecular weight excluding hydrogens is 1850 g/mol. The summed E-state index contributed by atoms with van der Waals surface area (Å²) in [7, 11) is 4.25. The van der Waals surface area contributed by atoms with Crippen LogP contribution in [0, 0.1) is 83.1 Å². The molecule has 0 bridgehead atoms. The summed E-state index contributed by atoms with van der Waals surface area (Å²) in [6.07, 6.45) is 14.5. The average Bonchev–Trinajstić information content (AvgIpc) is 1.46. The molecule has 0 fully saturated rings. The molecule has 0 spiro atoms. The number of furan rings is 6. The van der Waals surface area contributed by atoms with E-state index in [-0.39, 0.29) is 24.7 Å². The number of nitrogens with zero attached hydrogens (tertiary/aromatic N) is 12. The number of rotatable bonds is 10. The molecule has 6 aromatic heterocycles. The van der Waals surface area contributed by atoms with Crippen molar-refractivity contribution >= 4 is 200 Å². The van der Waals surface area contributed by atoms with Crippen LogP contribution < -0.4 is 44.1 Å². The quantitative estimate of drug-likeness (QED) is 0.129. The first-order chi connectivity index (χ1) is 72.3. The Morgan fingerprint density at radius 1 is 0.220 bits per heavy atom. The molecule has 6 aliphatic heterocycles. The molecule has 6 aliphatic rings. The predicted octanol–water partition coefficient (Wildman–Crippen LogP) is 35.1. The van der Waals surface area contributed by atoms with Gasteiger partial charge in [-0.1, -0.05) is 218 Å². The average molecular weight is 1990 g/mol. The van der Waals surface area contributed by atoms with Gasteiger partial charge in [0.1, 0.15) is 70.5 Å². The standard InChI is InChI=1S/C25H26N2O.C24H24N2O.C23H22N2O.C21H24N2O.C20H22N2O.C19H20N2O/c1-15(2)26-18(5)27(22-12-7-6-11-21(22)26)23-16(3)13-14-20-19-10-8-9-17(4)24(19)28-25(20)23;1-5-25-17(4)26(21-12-7-6-11-20(21)25)22-15(2)13-14-19-18-10-8-9-16(3)23(18)27-24(19)22;1-14-12-13-18-17-9-7-8-15(2)22(17)26-23(18)21(14)25-16(3)24(4)19-10-5-6-11-20(19)25;1-13(2)22-11-12-23(16(22)5)19-14(3)9-10-18-17-8-6-7-15(4)20(17)24-21(18)19;1-5-21-11-12-22(15(21)4)18-13(2)9-10-17-16-8-6-7-14(3)19(16)23-20(17)18;1-12-8-9-16-15-7-5-6-13(2)18(15)22-19(16)17(12)21-11-10-20(4)14(21)3/h6-15,18H,1-5H3;6-14,17H,5H2,1-4H3;5-13,16H,1-4H3;6-13,16H,1-5H3;6-12,15H,5H2,1-4H3;5-11,14H,1-4H3/t18-;17-;2*16-;15-;14-/m111111/s1. The van der Waals surface area contributed by atoms with Gasteiger partial charge in [-0.05, 0) is 269 Å². The van der Waals surface area contributed by atoms with Gasteiger partial charge in [0.05, 0.1) is 68.2 Å². The maximum atomic E-state index is 6.51. The summed E-state index contributed by atoms with van der Waals surface area (Å²) in [5, 5.41) is 14.3. The molecule has 6 atom stereocenters. The lowest BCUT2D eigenvalue weighted by Gasteiger charge is -2.33. The second kappa shape index (κ2) is 38.9. The second-order valence-corrected chi connectivity index (χ2v) is 42.4. The SMILES string of the molecule is CCN1C=CN(c2c(C)ccc3c2oc2c(C)cccc23)[C@@H]1C.CCN1c2ccccc2N(c2c(C)ccc3c2oc2c(C)cccc23)[C@@H]1C.Cc1ccc2c(oc3c(C)cccc32)c1N1C=CN(C(C)C)[C@H]1C.Cc1ccc2c(oc3c(C)cccc32)c1N1C=CN(C)[C@H]1C.Cc1ccc2c(oc3c(C)cccc32)c1N1c2ccccc2N(C(C)C)[C@H]1C.Cc1ccc2c(oc3c(C)cccc32)c1N1c2ccccc2N(C)[C@H]1C. The van der Waals surface area contributed by atoms with E-state index in [1.807, 2.05) is 0 Å². The molecule has 0 aliphatic carbocycles. The molecule has 0 amide bonds. The van der Waals surface area contributed by atoms with E-state index in [0.29, 0.717) is 24.4 Å². The van der Waals surface area contributed by atoms with Crippen LogP contribution in [0.25, 0.3) is 132 Å². The van der Waals surface area contributed by atoms with Crippen molar-refractivity contribution < 1.29 is 26.5 Å². The van der Waals surface area contributed by atoms with Crippen molar-refractivity contribution in [1.82, 2.24) is 14.7 Å². The van der Waals surface area contributed by atoms with Crippen LogP contribution in [0.5, 0.6) is 0 Å². The smallest absolute Gasteiger partial charge is 0.159 e. The lowest BCUT2D eigenvalue weighted by atomic mass is 10.1. The van der Waals surface area contributed by atoms with Crippen molar-refractivity contribution in [2.75, 3.05) is 71.3 Å². The summed E-state index contributed by atoms with van der Waals surface area (Å²) in [5.41, 5.74) is 40.9. The van der Waals surface area contributed by atoms with Crippen LogP contribution in [0.15, 0.2) is 318 Å². The molecule has 762 valence electrons. The molecule has 0 saturated heterocycles. The molecule has 21 aromatic rings. The molecule has 15 aromatic carbocycles. The van der Waals surface area contributed by atoms with Crippen LogP contribution in [-0.4, -0.2) is 91.0 Å². The molecule has 0 unspecified atom stereocenters. The topological polar surface area (TPSA) is 118 Å². The predicted molar refractivity (Wildman–Crippen MR) is 633 cm³/mol. The Balaban J connectivity index is 0.000000102. The first kappa shape index (κ1) is 98.6. The monoisotopic (exact) mass is 1990 g/mol. The number of hydrogen-bond donors (Lipinski definition) is 0. The third kappa shape index (κ3) is 16.2. The number of hydrogen-bond acceptors (Lipinski definition) is 18. The number of aryl methyl sites for hydroxylation is 12. The van der Waals surface area contributed by atoms with Crippen LogP contribution in [0.1, 0.15) is 150 Å². The first-order valence-electron chi connectivity index (χ1n) is 53.4. The van der Waals surface area contributed by atoms with E-state index < -0.39 is 0 Å². The van der Waals surface area contributed by atoms with E-state index in [1.165, 1.54) is 200 Å². The Morgan fingerprint density at radius 3 is 0.807 bits per heavy atom. The van der Waals surface area contributed by atoms with E-state index in [1.54, 1.807) is 0 Å². The molecule has 0 radical (unpaired) electrons. The van der Waals surface area contributed by atoms with E-state index in [0.717, 1.165) is 80.1 Å². The van der Waals surface area contributed by atoms with Crippen LogP contribution in [0.3, 0.4) is 0 Å². The molecule has 18 heteroatoms. The Morgan fingerprint density at radius 2 is 0.493 bits per heavy atom. The van der Waals surface area contributed by atoms with Gasteiger partial charge in [0.15, 0.2) is 33.5 Å². The summed E-state index contributed by atoms with van der Waals surface area (Å²) >= 11 is 0. The van der Waals surface area contributed by atoms with Gasteiger partial charge in [-0.3, -0.25) is 0 Å². The van der Waals surface area contributed by atoms with Gasteiger partial charge < -0.3 is 85.3 Å². The third-order valence-corrected chi connectivity index (χ3v) is 32.5. The summed E-state index contributed by atoms with van der Waals surface area (Å²) in [6, 6.07) is 91.4. The highest BCUT2D eigenvalue weighted by Gasteiger charge is 2.41. The minimum Gasteiger partial charge on any atom is -0.454 e. The lowest BCUT2D eigenvalue weighted by molar-refractivity contribution is 0.263. The fraction of sp³-hybridized carbons (Fsp3) is 0.273. The van der Waals surface area contributed by atoms with Crippen molar-refractivity contribution in [3.63, 3.8) is 0 Å². The summed E-state index contributed by atoms with van der Waals surface area (Å²) in [6.45, 7) is 54.5. The Bertz CT molecular complexity index is 8960. The summed E-state index contributed by atoms with van der Waals surface area (Å²) < 4.78 is 38.4. The maximum Gasteiger partial charge on any atom is 0.159 e. The third-order valence-electron chi connectivity index (χ3n) is 32.5. The normalized spacial score (nSPS) is 17.2. The van der Waals surface area contributed by atoms with E-state index >= 15 is 0 Å². The minimum atomic E-state index is 0.219. The zero-order chi connectivity index (χ0) is 105. The number of fused-ring (bicyclic) bond motifs is 21. The highest BCUT2D eigenvalue weighted by molar-refractivity contribution is 6.17. The first-order valence-corrected chi connectivity index (χ1v) is 53.4. The van der Waals surface area contributed by atoms with E-state index in [9.17, 15) is 0 Å². The molecule has 150 heavy (non-hydrogen) atoms. The van der Waals surface area contributed by atoms with Gasteiger partial charge in [0.2, 0.25) is 0 Å². The van der Waals surface area contributed by atoms with Crippen LogP contribution in [0.4, 0.5) is 68.2 Å². The highest BCUT2D eigenvalue weighted by Crippen LogP contribution is 2.55. The Kier molecular flexibility index (Phi) is 25.6. The zero-order valence-corrected chi connectivity index (χ0v) is 91.6. The molecule has 0 N–H and O–H groups in total. The molecule has 12 heterocycles. The molecule has 0 saturated carbocycles. The van der Waals surface area contributed by atoms with Gasteiger partial charge >= 0.3 is 0 Å². The molecule has 27 rings (SSSR count). The van der Waals surface area contributed by atoms with Gasteiger partial charge in [0.25, 0.3) is 0 Å². The highest BCUT2D eigenvalue weighted by atomic mass is 16.4. The lowest BCUT2D eigenvalue weighted by Crippen LogP contribution is -2.42. The van der Waals surface area contributed by atoms with E-state index in [2.05, 4.69) is 531 Å². The van der Waals surface area contributed by atoms with Crippen molar-refractivity contribution in [1.29, 1.82) is 0 Å². The van der Waals surface area contributed by atoms with Crippen LogP contribution >= 0.6 is 0 Å². The zero-order valence-electron chi connectivity index (χ0n) is 91.6. The van der Waals surface area contributed by atoms with Gasteiger partial charge in [0, 0.05) is 141 Å². The van der Waals surface area contributed by atoms with Gasteiger partial charge in [-0.25, -0.2) is 0 Å². The fourth-order valence-corrected chi connectivity index (χ4v) is 24.3. The maximum absolute atomic E-state index is 6.51. The van der Waals surface area contributed by atoms with Crippen molar-refractivity contribution in [3.05, 3.63) is 359 Å². The van der Waals surface area contributed by atoms with Crippen molar-refractivity contribution in [2.24, 2.45) is 0 Å². The number of benzene rings is 15. The largest absolute Gasteiger partial charge is 0.454 e. The van der Waals surface area contributed by atoms with Crippen molar-refractivity contribution in [2.45, 2.75) is 215 Å².